The van der Waals surface area contributed by atoms with E-state index in [9.17, 15) is 8.42 Å². The molecule has 0 saturated carbocycles. The smallest absolute Gasteiger partial charge is 0.175 e. The number of aryl methyl sites for hydroxylation is 1. The van der Waals surface area contributed by atoms with Gasteiger partial charge in [-0.3, -0.25) is 0 Å². The number of hydrogen-bond donors (Lipinski definition) is 0. The molecule has 0 aliphatic carbocycles. The van der Waals surface area contributed by atoms with Gasteiger partial charge < -0.3 is 0 Å². The highest BCUT2D eigenvalue weighted by molar-refractivity contribution is 7.90. The molecule has 1 aromatic rings. The van der Waals surface area contributed by atoms with Gasteiger partial charge in [0.05, 0.1) is 4.90 Å². The third-order valence-electron chi connectivity index (χ3n) is 2.64. The van der Waals surface area contributed by atoms with Crippen LogP contribution in [0.4, 0.5) is 0 Å². The molecule has 0 N–H and O–H groups in total. The molecule has 0 fully saturated rings. The average molecular weight is 240 g/mol. The first-order valence-electron chi connectivity index (χ1n) is 5.50. The lowest BCUT2D eigenvalue weighted by Gasteiger charge is -2.25. The number of rotatable bonds is 2. The Morgan fingerprint density at radius 1 is 1.19 bits per heavy atom. The molecular formula is C13H20O2S. The maximum atomic E-state index is 11.8. The van der Waals surface area contributed by atoms with Crippen LogP contribution < -0.4 is 0 Å². The fourth-order valence-electron chi connectivity index (χ4n) is 2.03. The summed E-state index contributed by atoms with van der Waals surface area (Å²) in [5, 5.41) is 0. The minimum atomic E-state index is -3.15. The Morgan fingerprint density at radius 3 is 2.12 bits per heavy atom. The lowest BCUT2D eigenvalue weighted by molar-refractivity contribution is 0.558. The first kappa shape index (κ1) is 13.2. The summed E-state index contributed by atoms with van der Waals surface area (Å²) in [7, 11) is -3.15. The molecule has 0 atom stereocenters. The molecule has 0 bridgehead atoms. The van der Waals surface area contributed by atoms with Crippen molar-refractivity contribution in [1.82, 2.24) is 0 Å². The van der Waals surface area contributed by atoms with E-state index in [0.29, 0.717) is 4.90 Å². The van der Waals surface area contributed by atoms with E-state index < -0.39 is 9.84 Å². The predicted molar refractivity (Wildman–Crippen MR) is 67.6 cm³/mol. The van der Waals surface area contributed by atoms with Crippen LogP contribution in [0.5, 0.6) is 0 Å². The zero-order valence-electron chi connectivity index (χ0n) is 10.7. The summed E-state index contributed by atoms with van der Waals surface area (Å²) in [5.74, 6) is 0. The van der Waals surface area contributed by atoms with Crippen molar-refractivity contribution >= 4 is 9.84 Å². The van der Waals surface area contributed by atoms with Gasteiger partial charge in [-0.05, 0) is 29.0 Å². The molecule has 16 heavy (non-hydrogen) atoms. The second-order valence-electron chi connectivity index (χ2n) is 5.17. The van der Waals surface area contributed by atoms with E-state index in [1.165, 1.54) is 6.26 Å². The van der Waals surface area contributed by atoms with Crippen molar-refractivity contribution < 1.29 is 8.42 Å². The molecule has 90 valence electrons. The molecule has 0 aliphatic heterocycles. The lowest BCUT2D eigenvalue weighted by atomic mass is 9.83. The van der Waals surface area contributed by atoms with Crippen molar-refractivity contribution in [3.05, 3.63) is 29.3 Å². The van der Waals surface area contributed by atoms with E-state index in [2.05, 4.69) is 27.7 Å². The molecule has 0 saturated heterocycles. The van der Waals surface area contributed by atoms with Crippen LogP contribution >= 0.6 is 0 Å². The largest absolute Gasteiger partial charge is 0.224 e. The highest BCUT2D eigenvalue weighted by atomic mass is 32.2. The minimum absolute atomic E-state index is 0.148. The molecule has 2 nitrogen and oxygen atoms in total. The standard InChI is InChI=1S/C13H20O2S/c1-6-10-8-7-9-11(16(5,14)15)12(10)13(2,3)4/h7-9H,6H2,1-5H3. The van der Waals surface area contributed by atoms with Gasteiger partial charge in [0, 0.05) is 6.26 Å². The molecule has 0 aliphatic rings. The van der Waals surface area contributed by atoms with Crippen molar-refractivity contribution in [2.75, 3.05) is 6.26 Å². The summed E-state index contributed by atoms with van der Waals surface area (Å²) in [6, 6.07) is 5.54. The van der Waals surface area contributed by atoms with E-state index in [4.69, 9.17) is 0 Å². The quantitative estimate of drug-likeness (QED) is 0.796. The maximum absolute atomic E-state index is 11.8. The molecule has 1 rings (SSSR count). The summed E-state index contributed by atoms with van der Waals surface area (Å²) in [5.41, 5.74) is 1.93. The minimum Gasteiger partial charge on any atom is -0.224 e. The Morgan fingerprint density at radius 2 is 1.75 bits per heavy atom. The Bertz CT molecular complexity index is 479. The van der Waals surface area contributed by atoms with Crippen LogP contribution in [0.3, 0.4) is 0 Å². The van der Waals surface area contributed by atoms with Gasteiger partial charge in [0.1, 0.15) is 0 Å². The maximum Gasteiger partial charge on any atom is 0.175 e. The second kappa shape index (κ2) is 4.21. The van der Waals surface area contributed by atoms with Crippen molar-refractivity contribution in [1.29, 1.82) is 0 Å². The fraction of sp³-hybridized carbons (Fsp3) is 0.538. The Labute approximate surface area is 98.6 Å². The molecule has 0 aromatic heterocycles. The van der Waals surface area contributed by atoms with E-state index in [0.717, 1.165) is 17.5 Å². The van der Waals surface area contributed by atoms with Crippen LogP contribution in [0.2, 0.25) is 0 Å². The van der Waals surface area contributed by atoms with Crippen LogP contribution in [0.1, 0.15) is 38.8 Å². The van der Waals surface area contributed by atoms with Gasteiger partial charge in [-0.2, -0.15) is 0 Å². The van der Waals surface area contributed by atoms with Crippen molar-refractivity contribution in [2.45, 2.75) is 44.4 Å². The van der Waals surface area contributed by atoms with E-state index in [1.807, 2.05) is 12.1 Å². The van der Waals surface area contributed by atoms with Gasteiger partial charge in [-0.25, -0.2) is 8.42 Å². The summed E-state index contributed by atoms with van der Waals surface area (Å²) >= 11 is 0. The summed E-state index contributed by atoms with van der Waals surface area (Å²) in [4.78, 5) is 0.472. The van der Waals surface area contributed by atoms with E-state index in [1.54, 1.807) is 6.07 Å². The highest BCUT2D eigenvalue weighted by Crippen LogP contribution is 2.32. The normalized spacial score (nSPS) is 12.8. The lowest BCUT2D eigenvalue weighted by Crippen LogP contribution is -2.19. The van der Waals surface area contributed by atoms with Gasteiger partial charge in [0.2, 0.25) is 0 Å². The van der Waals surface area contributed by atoms with Crippen LogP contribution in [0, 0.1) is 0 Å². The van der Waals surface area contributed by atoms with Gasteiger partial charge >= 0.3 is 0 Å². The highest BCUT2D eigenvalue weighted by Gasteiger charge is 2.25. The number of sulfone groups is 1. The van der Waals surface area contributed by atoms with Crippen molar-refractivity contribution in [3.63, 3.8) is 0 Å². The van der Waals surface area contributed by atoms with Crippen LogP contribution in [0.15, 0.2) is 23.1 Å². The zero-order valence-corrected chi connectivity index (χ0v) is 11.5. The Balaban J connectivity index is 3.64. The summed E-state index contributed by atoms with van der Waals surface area (Å²) < 4.78 is 23.5. The van der Waals surface area contributed by atoms with E-state index in [-0.39, 0.29) is 5.41 Å². The molecular weight excluding hydrogens is 220 g/mol. The Hall–Kier alpha value is -0.830. The molecule has 0 heterocycles. The third kappa shape index (κ3) is 2.64. The molecule has 3 heteroatoms. The fourth-order valence-corrected chi connectivity index (χ4v) is 3.17. The number of hydrogen-bond acceptors (Lipinski definition) is 2. The van der Waals surface area contributed by atoms with Crippen LogP contribution in [-0.2, 0) is 21.7 Å². The molecule has 0 radical (unpaired) electrons. The number of benzene rings is 1. The average Bonchev–Trinajstić information content (AvgIpc) is 2.13. The SMILES string of the molecule is CCc1cccc(S(C)(=O)=O)c1C(C)(C)C. The van der Waals surface area contributed by atoms with Crippen molar-refractivity contribution in [2.24, 2.45) is 0 Å². The van der Waals surface area contributed by atoms with Gasteiger partial charge in [-0.15, -0.1) is 0 Å². The van der Waals surface area contributed by atoms with Gasteiger partial charge in [-0.1, -0.05) is 39.8 Å². The molecule has 0 amide bonds. The van der Waals surface area contributed by atoms with Crippen LogP contribution in [-0.4, -0.2) is 14.7 Å². The van der Waals surface area contributed by atoms with Gasteiger partial charge in [0.25, 0.3) is 0 Å². The van der Waals surface area contributed by atoms with Gasteiger partial charge in [0.15, 0.2) is 9.84 Å². The topological polar surface area (TPSA) is 34.1 Å². The van der Waals surface area contributed by atoms with Crippen LogP contribution in [0.25, 0.3) is 0 Å². The molecule has 1 aromatic carbocycles. The van der Waals surface area contributed by atoms with E-state index >= 15 is 0 Å². The summed E-state index contributed by atoms with van der Waals surface area (Å²) in [6.07, 6.45) is 2.13. The first-order valence-corrected chi connectivity index (χ1v) is 7.39. The first-order chi connectivity index (χ1) is 7.18. The zero-order chi connectivity index (χ0) is 12.6. The monoisotopic (exact) mass is 240 g/mol. The van der Waals surface area contributed by atoms with Crippen molar-refractivity contribution in [3.8, 4) is 0 Å². The molecule has 0 spiro atoms. The molecule has 0 unspecified atom stereocenters. The predicted octanol–water partition coefficient (Wildman–Crippen LogP) is 2.95. The third-order valence-corrected chi connectivity index (χ3v) is 3.78. The Kier molecular flexibility index (Phi) is 3.48. The summed E-state index contributed by atoms with van der Waals surface area (Å²) in [6.45, 7) is 8.21. The second-order valence-corrected chi connectivity index (χ2v) is 7.15.